The standard InChI is InChI=1S/C11H14N2O4/c1-4-5-13-7(6-12)8-9(14)16-11(2,3)17-10(8)15/h13H,4-5H2,1-3H3. The molecule has 6 heteroatoms. The normalized spacial score (nSPS) is 17.9. The van der Waals surface area contributed by atoms with Gasteiger partial charge < -0.3 is 14.8 Å². The Morgan fingerprint density at radius 2 is 1.88 bits per heavy atom. The molecule has 1 heterocycles. The number of ether oxygens (including phenoxy) is 2. The first kappa shape index (κ1) is 13.0. The van der Waals surface area contributed by atoms with Gasteiger partial charge in [0.2, 0.25) is 0 Å². The van der Waals surface area contributed by atoms with Crippen LogP contribution in [0.3, 0.4) is 0 Å². The molecule has 6 nitrogen and oxygen atoms in total. The van der Waals surface area contributed by atoms with Crippen LogP contribution in [0.25, 0.3) is 0 Å². The van der Waals surface area contributed by atoms with E-state index in [1.165, 1.54) is 13.8 Å². The van der Waals surface area contributed by atoms with E-state index in [-0.39, 0.29) is 11.3 Å². The van der Waals surface area contributed by atoms with Crippen LogP contribution in [-0.2, 0) is 19.1 Å². The molecule has 0 radical (unpaired) electrons. The van der Waals surface area contributed by atoms with E-state index in [0.717, 1.165) is 6.42 Å². The summed E-state index contributed by atoms with van der Waals surface area (Å²) in [5.74, 6) is -2.97. The number of nitrogens with one attached hydrogen (secondary N) is 1. The van der Waals surface area contributed by atoms with Gasteiger partial charge in [-0.15, -0.1) is 0 Å². The molecule has 1 saturated heterocycles. The quantitative estimate of drug-likeness (QED) is 0.335. The molecule has 1 rings (SSSR count). The van der Waals surface area contributed by atoms with E-state index in [9.17, 15) is 9.59 Å². The fraction of sp³-hybridized carbons (Fsp3) is 0.545. The summed E-state index contributed by atoms with van der Waals surface area (Å²) >= 11 is 0. The molecule has 1 aliphatic rings. The average molecular weight is 238 g/mol. The second-order valence-electron chi connectivity index (χ2n) is 3.97. The van der Waals surface area contributed by atoms with Crippen molar-refractivity contribution in [1.29, 1.82) is 5.26 Å². The van der Waals surface area contributed by atoms with E-state index in [4.69, 9.17) is 14.7 Å². The van der Waals surface area contributed by atoms with Crippen molar-refractivity contribution in [3.05, 3.63) is 11.3 Å². The van der Waals surface area contributed by atoms with Crippen molar-refractivity contribution in [1.82, 2.24) is 5.32 Å². The Hall–Kier alpha value is -2.03. The van der Waals surface area contributed by atoms with Gasteiger partial charge >= 0.3 is 11.9 Å². The van der Waals surface area contributed by atoms with Crippen LogP contribution in [0, 0.1) is 11.3 Å². The fourth-order valence-corrected chi connectivity index (χ4v) is 1.29. The maximum Gasteiger partial charge on any atom is 0.351 e. The number of cyclic esters (lactones) is 2. The average Bonchev–Trinajstić information content (AvgIpc) is 2.20. The number of esters is 2. The first-order chi connectivity index (χ1) is 7.91. The minimum Gasteiger partial charge on any atom is -0.419 e. The SMILES string of the molecule is CCCNC(C#N)=C1C(=O)OC(C)(C)OC1=O. The summed E-state index contributed by atoms with van der Waals surface area (Å²) in [5, 5.41) is 11.6. The number of carbonyl (C=O) groups is 2. The number of nitrogens with zero attached hydrogens (tertiary/aromatic N) is 1. The lowest BCUT2D eigenvalue weighted by Crippen LogP contribution is -2.43. The van der Waals surface area contributed by atoms with Crippen molar-refractivity contribution < 1.29 is 19.1 Å². The highest BCUT2D eigenvalue weighted by molar-refractivity contribution is 6.16. The number of hydrogen-bond donors (Lipinski definition) is 1. The Kier molecular flexibility index (Phi) is 3.73. The van der Waals surface area contributed by atoms with Gasteiger partial charge in [-0.2, -0.15) is 5.26 Å². The van der Waals surface area contributed by atoms with Gasteiger partial charge in [0.15, 0.2) is 5.57 Å². The Labute approximate surface area is 99.2 Å². The van der Waals surface area contributed by atoms with Crippen molar-refractivity contribution in [3.63, 3.8) is 0 Å². The van der Waals surface area contributed by atoms with Crippen LogP contribution in [0.2, 0.25) is 0 Å². The number of carbonyl (C=O) groups excluding carboxylic acids is 2. The molecule has 1 fully saturated rings. The van der Waals surface area contributed by atoms with Gasteiger partial charge in [0.05, 0.1) is 0 Å². The number of rotatable bonds is 3. The Morgan fingerprint density at radius 3 is 2.29 bits per heavy atom. The highest BCUT2D eigenvalue weighted by atomic mass is 16.7. The Morgan fingerprint density at radius 1 is 1.35 bits per heavy atom. The maximum absolute atomic E-state index is 11.6. The van der Waals surface area contributed by atoms with E-state index in [0.29, 0.717) is 6.54 Å². The number of hydrogen-bond acceptors (Lipinski definition) is 6. The number of nitriles is 1. The molecule has 0 aromatic rings. The third kappa shape index (κ3) is 2.97. The molecule has 0 amide bonds. The topological polar surface area (TPSA) is 88.4 Å². The maximum atomic E-state index is 11.6. The van der Waals surface area contributed by atoms with Gasteiger partial charge in [-0.25, -0.2) is 9.59 Å². The van der Waals surface area contributed by atoms with Crippen LogP contribution in [0.4, 0.5) is 0 Å². The zero-order valence-electron chi connectivity index (χ0n) is 9.99. The van der Waals surface area contributed by atoms with Crippen LogP contribution in [0.15, 0.2) is 11.3 Å². The molecule has 1 aliphatic heterocycles. The Bertz CT molecular complexity index is 396. The predicted molar refractivity (Wildman–Crippen MR) is 57.2 cm³/mol. The summed E-state index contributed by atoms with van der Waals surface area (Å²) in [5.41, 5.74) is -0.488. The number of allylic oxidation sites excluding steroid dienone is 1. The summed E-state index contributed by atoms with van der Waals surface area (Å²) in [6.45, 7) is 5.28. The summed E-state index contributed by atoms with van der Waals surface area (Å²) in [4.78, 5) is 23.2. The minimum atomic E-state index is -1.29. The van der Waals surface area contributed by atoms with Crippen molar-refractivity contribution >= 4 is 11.9 Å². The van der Waals surface area contributed by atoms with Gasteiger partial charge in [0.1, 0.15) is 11.8 Å². The highest BCUT2D eigenvalue weighted by Gasteiger charge is 2.41. The summed E-state index contributed by atoms with van der Waals surface area (Å²) in [6, 6.07) is 1.76. The van der Waals surface area contributed by atoms with E-state index < -0.39 is 17.7 Å². The molecule has 0 saturated carbocycles. The molecule has 92 valence electrons. The molecule has 0 bridgehead atoms. The van der Waals surface area contributed by atoms with Gasteiger partial charge in [0, 0.05) is 20.4 Å². The highest BCUT2D eigenvalue weighted by Crippen LogP contribution is 2.23. The molecule has 0 atom stereocenters. The lowest BCUT2D eigenvalue weighted by molar-refractivity contribution is -0.222. The minimum absolute atomic E-state index is 0.114. The predicted octanol–water partition coefficient (Wildman–Crippen LogP) is 0.600. The first-order valence-electron chi connectivity index (χ1n) is 5.26. The van der Waals surface area contributed by atoms with Gasteiger partial charge in [-0.3, -0.25) is 0 Å². The lowest BCUT2D eigenvalue weighted by atomic mass is 10.1. The van der Waals surface area contributed by atoms with E-state index in [1.54, 1.807) is 6.07 Å². The lowest BCUT2D eigenvalue weighted by Gasteiger charge is -2.30. The zero-order chi connectivity index (χ0) is 13.1. The van der Waals surface area contributed by atoms with Crippen molar-refractivity contribution in [2.75, 3.05) is 6.54 Å². The van der Waals surface area contributed by atoms with E-state index in [1.807, 2.05) is 6.92 Å². The van der Waals surface area contributed by atoms with Crippen LogP contribution in [-0.4, -0.2) is 24.3 Å². The third-order valence-corrected chi connectivity index (χ3v) is 2.00. The smallest absolute Gasteiger partial charge is 0.351 e. The molecule has 0 aromatic heterocycles. The fourth-order valence-electron chi connectivity index (χ4n) is 1.29. The van der Waals surface area contributed by atoms with Gasteiger partial charge in [0.25, 0.3) is 5.79 Å². The molecular weight excluding hydrogens is 224 g/mol. The molecule has 0 aliphatic carbocycles. The van der Waals surface area contributed by atoms with Crippen LogP contribution in [0.5, 0.6) is 0 Å². The summed E-state index contributed by atoms with van der Waals surface area (Å²) in [7, 11) is 0. The van der Waals surface area contributed by atoms with E-state index in [2.05, 4.69) is 5.32 Å². The van der Waals surface area contributed by atoms with Crippen molar-refractivity contribution in [2.24, 2.45) is 0 Å². The zero-order valence-corrected chi connectivity index (χ0v) is 9.99. The molecule has 0 aromatic carbocycles. The summed E-state index contributed by atoms with van der Waals surface area (Å²) in [6.07, 6.45) is 0.758. The van der Waals surface area contributed by atoms with Crippen LogP contribution < -0.4 is 5.32 Å². The molecular formula is C11H14N2O4. The second kappa shape index (κ2) is 4.87. The summed E-state index contributed by atoms with van der Waals surface area (Å²) < 4.78 is 9.78. The molecule has 0 spiro atoms. The second-order valence-corrected chi connectivity index (χ2v) is 3.97. The third-order valence-electron chi connectivity index (χ3n) is 2.00. The van der Waals surface area contributed by atoms with Crippen LogP contribution >= 0.6 is 0 Å². The van der Waals surface area contributed by atoms with Gasteiger partial charge in [-0.1, -0.05) is 6.92 Å². The van der Waals surface area contributed by atoms with Gasteiger partial charge in [-0.05, 0) is 6.42 Å². The monoisotopic (exact) mass is 238 g/mol. The van der Waals surface area contributed by atoms with Crippen LogP contribution in [0.1, 0.15) is 27.2 Å². The first-order valence-corrected chi connectivity index (χ1v) is 5.26. The largest absolute Gasteiger partial charge is 0.419 e. The molecule has 17 heavy (non-hydrogen) atoms. The van der Waals surface area contributed by atoms with E-state index >= 15 is 0 Å². The molecule has 1 N–H and O–H groups in total. The Balaban J connectivity index is 3.04. The van der Waals surface area contributed by atoms with Crippen molar-refractivity contribution in [2.45, 2.75) is 33.0 Å². The molecule has 0 unspecified atom stereocenters. The van der Waals surface area contributed by atoms with Crippen molar-refractivity contribution in [3.8, 4) is 6.07 Å².